The normalized spacial score (nSPS) is 12.6. The third kappa shape index (κ3) is 5.38. The van der Waals surface area contributed by atoms with Crippen molar-refractivity contribution in [3.63, 3.8) is 0 Å². The van der Waals surface area contributed by atoms with Gasteiger partial charge in [0.25, 0.3) is 0 Å². The maximum absolute atomic E-state index is 3.45. The van der Waals surface area contributed by atoms with Gasteiger partial charge in [0.15, 0.2) is 0 Å². The molecule has 0 bridgehead atoms. The minimum absolute atomic E-state index is 0.518. The molecule has 0 aliphatic rings. The topological polar surface area (TPSA) is 12.0 Å². The molecule has 0 heterocycles. The lowest BCUT2D eigenvalue weighted by Crippen LogP contribution is -2.17. The summed E-state index contributed by atoms with van der Waals surface area (Å²) in [4.78, 5) is 0. The number of nitrogens with one attached hydrogen (secondary N) is 1. The van der Waals surface area contributed by atoms with Gasteiger partial charge in [-0.2, -0.15) is 0 Å². The zero-order valence-corrected chi connectivity index (χ0v) is 13.2. The molecule has 0 saturated carbocycles. The van der Waals surface area contributed by atoms with Crippen LogP contribution in [0.1, 0.15) is 57.1 Å². The van der Waals surface area contributed by atoms with Gasteiger partial charge < -0.3 is 5.32 Å². The van der Waals surface area contributed by atoms with E-state index in [9.17, 15) is 0 Å². The summed E-state index contributed by atoms with van der Waals surface area (Å²) < 4.78 is 1.37. The van der Waals surface area contributed by atoms with Gasteiger partial charge in [0, 0.05) is 9.61 Å². The Kier molecular flexibility index (Phi) is 7.86. The van der Waals surface area contributed by atoms with Crippen LogP contribution in [0.3, 0.4) is 0 Å². The minimum atomic E-state index is 0.518. The van der Waals surface area contributed by atoms with Crippen LogP contribution < -0.4 is 5.32 Å². The van der Waals surface area contributed by atoms with Crippen LogP contribution in [-0.4, -0.2) is 7.05 Å². The van der Waals surface area contributed by atoms with Crippen LogP contribution in [0.2, 0.25) is 0 Å². The quantitative estimate of drug-likeness (QED) is 0.521. The number of hydrogen-bond donors (Lipinski definition) is 1. The summed E-state index contributed by atoms with van der Waals surface area (Å²) >= 11 is 2.43. The van der Waals surface area contributed by atoms with Crippen molar-refractivity contribution in [2.24, 2.45) is 0 Å². The summed E-state index contributed by atoms with van der Waals surface area (Å²) in [5.41, 5.74) is 1.45. The molecule has 1 atom stereocenters. The van der Waals surface area contributed by atoms with Crippen LogP contribution in [0.5, 0.6) is 0 Å². The van der Waals surface area contributed by atoms with E-state index in [4.69, 9.17) is 0 Å². The maximum Gasteiger partial charge on any atom is 0.0328 e. The molecule has 1 aromatic carbocycles. The largest absolute Gasteiger partial charge is 0.313 e. The Labute approximate surface area is 120 Å². The highest BCUT2D eigenvalue weighted by molar-refractivity contribution is 14.1. The fourth-order valence-corrected chi connectivity index (χ4v) is 2.93. The molecule has 0 aromatic heterocycles. The Morgan fingerprint density at radius 1 is 1.12 bits per heavy atom. The molecular formula is C15H24IN. The van der Waals surface area contributed by atoms with Crippen molar-refractivity contribution in [3.8, 4) is 0 Å². The van der Waals surface area contributed by atoms with E-state index in [0.29, 0.717) is 6.04 Å². The van der Waals surface area contributed by atoms with Crippen molar-refractivity contribution in [2.45, 2.75) is 51.5 Å². The number of rotatable bonds is 8. The van der Waals surface area contributed by atoms with E-state index in [1.807, 2.05) is 0 Å². The number of hydrogen-bond acceptors (Lipinski definition) is 1. The van der Waals surface area contributed by atoms with Crippen LogP contribution in [-0.2, 0) is 0 Å². The van der Waals surface area contributed by atoms with Crippen LogP contribution in [0, 0.1) is 3.57 Å². The third-order valence-electron chi connectivity index (χ3n) is 3.23. The van der Waals surface area contributed by atoms with Gasteiger partial charge >= 0.3 is 0 Å². The summed E-state index contributed by atoms with van der Waals surface area (Å²) in [6.07, 6.45) is 8.05. The zero-order chi connectivity index (χ0) is 12.5. The minimum Gasteiger partial charge on any atom is -0.313 e. The van der Waals surface area contributed by atoms with Gasteiger partial charge in [-0.25, -0.2) is 0 Å². The third-order valence-corrected chi connectivity index (χ3v) is 4.21. The molecule has 1 aromatic rings. The van der Waals surface area contributed by atoms with Crippen molar-refractivity contribution >= 4 is 22.6 Å². The first-order valence-electron chi connectivity index (χ1n) is 6.71. The standard InChI is InChI=1S/C15H24IN/c1-3-4-5-6-7-12-15(17-2)13-10-8-9-11-14(13)16/h8-11,15,17H,3-7,12H2,1-2H3. The Morgan fingerprint density at radius 2 is 1.82 bits per heavy atom. The summed E-state index contributed by atoms with van der Waals surface area (Å²) in [6, 6.07) is 9.20. The van der Waals surface area contributed by atoms with Gasteiger partial charge in [0.1, 0.15) is 0 Å². The molecule has 96 valence electrons. The van der Waals surface area contributed by atoms with Gasteiger partial charge in [-0.05, 0) is 47.7 Å². The summed E-state index contributed by atoms with van der Waals surface area (Å²) in [5.74, 6) is 0. The van der Waals surface area contributed by atoms with Crippen molar-refractivity contribution in [1.29, 1.82) is 0 Å². The van der Waals surface area contributed by atoms with E-state index in [0.717, 1.165) is 0 Å². The Hall–Kier alpha value is -0.0900. The SMILES string of the molecule is CCCCCCCC(NC)c1ccccc1I. The predicted octanol–water partition coefficient (Wildman–Crippen LogP) is 4.91. The van der Waals surface area contributed by atoms with E-state index in [1.165, 1.54) is 47.7 Å². The Balaban J connectivity index is 2.41. The second-order valence-corrected chi connectivity index (χ2v) is 5.73. The maximum atomic E-state index is 3.45. The van der Waals surface area contributed by atoms with Gasteiger partial charge in [0.05, 0.1) is 0 Å². The lowest BCUT2D eigenvalue weighted by Gasteiger charge is -2.18. The molecule has 0 amide bonds. The molecule has 0 aliphatic carbocycles. The molecule has 17 heavy (non-hydrogen) atoms. The first-order valence-corrected chi connectivity index (χ1v) is 7.79. The fourth-order valence-electron chi connectivity index (χ4n) is 2.17. The fraction of sp³-hybridized carbons (Fsp3) is 0.600. The highest BCUT2D eigenvalue weighted by Gasteiger charge is 2.11. The Bertz CT molecular complexity index is 312. The van der Waals surface area contributed by atoms with Gasteiger partial charge in [-0.3, -0.25) is 0 Å². The monoisotopic (exact) mass is 345 g/mol. The zero-order valence-electron chi connectivity index (χ0n) is 11.0. The summed E-state index contributed by atoms with van der Waals surface area (Å²) in [5, 5.41) is 3.45. The van der Waals surface area contributed by atoms with Crippen LogP contribution in [0.15, 0.2) is 24.3 Å². The van der Waals surface area contributed by atoms with Crippen molar-refractivity contribution in [1.82, 2.24) is 5.32 Å². The first-order chi connectivity index (χ1) is 8.29. The molecule has 0 fully saturated rings. The van der Waals surface area contributed by atoms with E-state index >= 15 is 0 Å². The highest BCUT2D eigenvalue weighted by Crippen LogP contribution is 2.24. The van der Waals surface area contributed by atoms with Crippen molar-refractivity contribution in [2.75, 3.05) is 7.05 Å². The highest BCUT2D eigenvalue weighted by atomic mass is 127. The predicted molar refractivity (Wildman–Crippen MR) is 84.3 cm³/mol. The second-order valence-electron chi connectivity index (χ2n) is 4.57. The molecule has 1 N–H and O–H groups in total. The van der Waals surface area contributed by atoms with Crippen molar-refractivity contribution in [3.05, 3.63) is 33.4 Å². The van der Waals surface area contributed by atoms with Gasteiger partial charge in [0.2, 0.25) is 0 Å². The lowest BCUT2D eigenvalue weighted by molar-refractivity contribution is 0.499. The molecule has 1 nitrogen and oxygen atoms in total. The second kappa shape index (κ2) is 8.92. The van der Waals surface area contributed by atoms with E-state index in [-0.39, 0.29) is 0 Å². The van der Waals surface area contributed by atoms with E-state index in [1.54, 1.807) is 0 Å². The smallest absolute Gasteiger partial charge is 0.0328 e. The number of unbranched alkanes of at least 4 members (excludes halogenated alkanes) is 4. The molecule has 1 rings (SSSR count). The molecule has 0 saturated heterocycles. The summed E-state index contributed by atoms with van der Waals surface area (Å²) in [6.45, 7) is 2.27. The van der Waals surface area contributed by atoms with Crippen LogP contribution >= 0.6 is 22.6 Å². The molecule has 0 radical (unpaired) electrons. The number of halogens is 1. The van der Waals surface area contributed by atoms with E-state index in [2.05, 4.69) is 66.1 Å². The summed E-state index contributed by atoms with van der Waals surface area (Å²) in [7, 11) is 2.07. The van der Waals surface area contributed by atoms with Gasteiger partial charge in [-0.1, -0.05) is 57.2 Å². The molecule has 2 heteroatoms. The van der Waals surface area contributed by atoms with Gasteiger partial charge in [-0.15, -0.1) is 0 Å². The van der Waals surface area contributed by atoms with Crippen molar-refractivity contribution < 1.29 is 0 Å². The average Bonchev–Trinajstić information content (AvgIpc) is 2.35. The Morgan fingerprint density at radius 3 is 2.47 bits per heavy atom. The van der Waals surface area contributed by atoms with E-state index < -0.39 is 0 Å². The lowest BCUT2D eigenvalue weighted by atomic mass is 10.00. The number of benzene rings is 1. The molecular weight excluding hydrogens is 321 g/mol. The molecule has 0 spiro atoms. The first kappa shape index (κ1) is 15.0. The van der Waals surface area contributed by atoms with Crippen LogP contribution in [0.4, 0.5) is 0 Å². The van der Waals surface area contributed by atoms with Crippen LogP contribution in [0.25, 0.3) is 0 Å². The molecule has 0 aliphatic heterocycles. The average molecular weight is 345 g/mol. The molecule has 1 unspecified atom stereocenters.